The normalized spacial score (nSPS) is 12.1. The van der Waals surface area contributed by atoms with Crippen molar-refractivity contribution in [2.75, 3.05) is 13.7 Å². The number of aromatic amines is 1. The summed E-state index contributed by atoms with van der Waals surface area (Å²) in [4.78, 5) is 21.3. The number of para-hydroxylation sites is 2. The summed E-state index contributed by atoms with van der Waals surface area (Å²) in [6.45, 7) is 0.0838. The third-order valence-corrected chi connectivity index (χ3v) is 5.73. The van der Waals surface area contributed by atoms with Crippen LogP contribution in [0.4, 0.5) is 0 Å². The van der Waals surface area contributed by atoms with Crippen molar-refractivity contribution in [3.05, 3.63) is 96.2 Å². The molecule has 33 heavy (non-hydrogen) atoms. The van der Waals surface area contributed by atoms with Crippen LogP contribution in [-0.2, 0) is 0 Å². The van der Waals surface area contributed by atoms with Crippen LogP contribution in [0.5, 0.6) is 5.75 Å². The first-order valence-corrected chi connectivity index (χ1v) is 10.7. The molecular formula is C27H23N3O3. The number of methoxy groups -OCH3 is 1. The molecule has 0 saturated heterocycles. The predicted octanol–water partition coefficient (Wildman–Crippen LogP) is 4.86. The van der Waals surface area contributed by atoms with Gasteiger partial charge in [0.25, 0.3) is 5.91 Å². The van der Waals surface area contributed by atoms with Crippen LogP contribution in [0.1, 0.15) is 22.2 Å². The van der Waals surface area contributed by atoms with Gasteiger partial charge in [-0.2, -0.15) is 0 Å². The van der Waals surface area contributed by atoms with Crippen molar-refractivity contribution in [1.29, 1.82) is 0 Å². The van der Waals surface area contributed by atoms with Gasteiger partial charge in [-0.1, -0.05) is 60.7 Å². The Morgan fingerprint density at radius 2 is 1.73 bits per heavy atom. The predicted molar refractivity (Wildman–Crippen MR) is 129 cm³/mol. The van der Waals surface area contributed by atoms with Crippen LogP contribution in [0.25, 0.3) is 33.1 Å². The van der Waals surface area contributed by atoms with Crippen LogP contribution in [0.2, 0.25) is 0 Å². The molecule has 0 spiro atoms. The SMILES string of the molecule is COc1ccccc1-c1nc(C(=O)NCC(O)c2ccccc2)cc2c1[nH]c1ccccc12. The molecule has 6 nitrogen and oxygen atoms in total. The number of aliphatic hydroxyl groups is 1. The van der Waals surface area contributed by atoms with Gasteiger partial charge >= 0.3 is 0 Å². The highest BCUT2D eigenvalue weighted by Gasteiger charge is 2.19. The standard InChI is InChI=1S/C27H23N3O3/c1-33-24-14-8-6-12-19(24)25-26-20(18-11-5-7-13-21(18)29-26)15-22(30-25)27(32)28-16-23(31)17-9-3-2-4-10-17/h2-15,23,29,31H,16H2,1H3,(H,28,32). The Hall–Kier alpha value is -4.16. The molecule has 2 heterocycles. The van der Waals surface area contributed by atoms with Crippen LogP contribution in [0.3, 0.4) is 0 Å². The number of hydrogen-bond acceptors (Lipinski definition) is 4. The molecule has 164 valence electrons. The first-order valence-electron chi connectivity index (χ1n) is 10.7. The van der Waals surface area contributed by atoms with Crippen LogP contribution in [0.15, 0.2) is 84.9 Å². The number of nitrogens with zero attached hydrogens (tertiary/aromatic N) is 1. The van der Waals surface area contributed by atoms with Crippen molar-refractivity contribution in [3.63, 3.8) is 0 Å². The fraction of sp³-hybridized carbons (Fsp3) is 0.111. The number of rotatable bonds is 6. The molecule has 1 atom stereocenters. The van der Waals surface area contributed by atoms with Gasteiger partial charge < -0.3 is 20.1 Å². The molecule has 0 radical (unpaired) electrons. The number of nitrogens with one attached hydrogen (secondary N) is 2. The van der Waals surface area contributed by atoms with Gasteiger partial charge in [0.05, 0.1) is 24.4 Å². The zero-order valence-electron chi connectivity index (χ0n) is 18.1. The number of hydrogen-bond donors (Lipinski definition) is 3. The van der Waals surface area contributed by atoms with Gasteiger partial charge in [-0.3, -0.25) is 4.79 Å². The molecule has 0 saturated carbocycles. The minimum atomic E-state index is -0.805. The Labute approximate surface area is 190 Å². The second-order valence-corrected chi connectivity index (χ2v) is 7.79. The number of amides is 1. The lowest BCUT2D eigenvalue weighted by Gasteiger charge is -2.13. The molecule has 0 fully saturated rings. The third kappa shape index (κ3) is 3.92. The maximum atomic E-state index is 13.1. The van der Waals surface area contributed by atoms with E-state index in [2.05, 4.69) is 10.3 Å². The second-order valence-electron chi connectivity index (χ2n) is 7.79. The molecule has 3 N–H and O–H groups in total. The summed E-state index contributed by atoms with van der Waals surface area (Å²) in [5.41, 5.74) is 4.23. The maximum absolute atomic E-state index is 13.1. The molecule has 0 bridgehead atoms. The van der Waals surface area contributed by atoms with Crippen LogP contribution < -0.4 is 10.1 Å². The molecule has 2 aromatic heterocycles. The minimum absolute atomic E-state index is 0.0838. The molecular weight excluding hydrogens is 414 g/mol. The molecule has 3 aromatic carbocycles. The molecule has 0 aliphatic rings. The summed E-state index contributed by atoms with van der Waals surface area (Å²) in [7, 11) is 1.61. The Bertz CT molecular complexity index is 1440. The number of H-pyrrole nitrogens is 1. The van der Waals surface area contributed by atoms with E-state index in [4.69, 9.17) is 9.72 Å². The molecule has 1 unspecified atom stereocenters. The van der Waals surface area contributed by atoms with Crippen LogP contribution in [0, 0.1) is 0 Å². The van der Waals surface area contributed by atoms with Crippen molar-refractivity contribution in [2.24, 2.45) is 0 Å². The summed E-state index contributed by atoms with van der Waals surface area (Å²) in [6, 6.07) is 26.6. The first kappa shape index (κ1) is 20.7. The quantitative estimate of drug-likeness (QED) is 0.354. The van der Waals surface area contributed by atoms with E-state index in [0.717, 1.165) is 32.9 Å². The minimum Gasteiger partial charge on any atom is -0.496 e. The Morgan fingerprint density at radius 3 is 2.55 bits per heavy atom. The lowest BCUT2D eigenvalue weighted by molar-refractivity contribution is 0.0911. The van der Waals surface area contributed by atoms with Gasteiger partial charge in [-0.15, -0.1) is 0 Å². The van der Waals surface area contributed by atoms with Gasteiger partial charge in [0.2, 0.25) is 0 Å². The average Bonchev–Trinajstić information content (AvgIpc) is 3.25. The zero-order chi connectivity index (χ0) is 22.8. The molecule has 5 rings (SSSR count). The van der Waals surface area contributed by atoms with E-state index in [1.165, 1.54) is 0 Å². The molecule has 1 amide bonds. The van der Waals surface area contributed by atoms with Gasteiger partial charge in [-0.25, -0.2) is 4.98 Å². The Balaban J connectivity index is 1.58. The highest BCUT2D eigenvalue weighted by molar-refractivity contribution is 6.13. The summed E-state index contributed by atoms with van der Waals surface area (Å²) in [6.07, 6.45) is -0.805. The summed E-state index contributed by atoms with van der Waals surface area (Å²) in [5, 5.41) is 15.2. The molecule has 0 aliphatic carbocycles. The van der Waals surface area contributed by atoms with E-state index < -0.39 is 6.10 Å². The number of aromatic nitrogens is 2. The van der Waals surface area contributed by atoms with E-state index in [0.29, 0.717) is 11.4 Å². The fourth-order valence-corrected chi connectivity index (χ4v) is 4.07. The molecule has 0 aliphatic heterocycles. The first-order chi connectivity index (χ1) is 16.2. The third-order valence-electron chi connectivity index (χ3n) is 5.73. The number of carbonyl (C=O) groups is 1. The van der Waals surface area contributed by atoms with Crippen molar-refractivity contribution in [1.82, 2.24) is 15.3 Å². The van der Waals surface area contributed by atoms with Crippen LogP contribution in [-0.4, -0.2) is 34.6 Å². The van der Waals surface area contributed by atoms with Gasteiger partial charge in [0, 0.05) is 28.4 Å². The van der Waals surface area contributed by atoms with Crippen molar-refractivity contribution in [2.45, 2.75) is 6.10 Å². The van der Waals surface area contributed by atoms with Crippen LogP contribution >= 0.6 is 0 Å². The number of pyridine rings is 1. The van der Waals surface area contributed by atoms with Gasteiger partial charge in [0.1, 0.15) is 11.4 Å². The van der Waals surface area contributed by atoms with Gasteiger partial charge in [0.15, 0.2) is 0 Å². The highest BCUT2D eigenvalue weighted by atomic mass is 16.5. The molecule has 6 heteroatoms. The number of carbonyl (C=O) groups excluding carboxylic acids is 1. The van der Waals surface area contributed by atoms with Gasteiger partial charge in [-0.05, 0) is 29.8 Å². The Kier molecular flexibility index (Phi) is 5.50. The van der Waals surface area contributed by atoms with E-state index in [1.807, 2.05) is 78.9 Å². The number of benzene rings is 3. The van der Waals surface area contributed by atoms with E-state index >= 15 is 0 Å². The lowest BCUT2D eigenvalue weighted by Crippen LogP contribution is -2.29. The largest absolute Gasteiger partial charge is 0.496 e. The number of aliphatic hydroxyl groups excluding tert-OH is 1. The number of ether oxygens (including phenoxy) is 1. The van der Waals surface area contributed by atoms with E-state index in [-0.39, 0.29) is 18.1 Å². The average molecular weight is 437 g/mol. The lowest BCUT2D eigenvalue weighted by atomic mass is 10.1. The summed E-state index contributed by atoms with van der Waals surface area (Å²) >= 11 is 0. The zero-order valence-corrected chi connectivity index (χ0v) is 18.1. The highest BCUT2D eigenvalue weighted by Crippen LogP contribution is 2.36. The topological polar surface area (TPSA) is 87.2 Å². The number of fused-ring (bicyclic) bond motifs is 3. The second kappa shape index (κ2) is 8.76. The van der Waals surface area contributed by atoms with E-state index in [9.17, 15) is 9.90 Å². The Morgan fingerprint density at radius 1 is 1.00 bits per heavy atom. The summed E-state index contributed by atoms with van der Waals surface area (Å²) in [5.74, 6) is 0.315. The fourth-order valence-electron chi connectivity index (χ4n) is 4.07. The monoisotopic (exact) mass is 437 g/mol. The molecule has 5 aromatic rings. The van der Waals surface area contributed by atoms with E-state index in [1.54, 1.807) is 13.2 Å². The van der Waals surface area contributed by atoms with Crippen molar-refractivity contribution < 1.29 is 14.6 Å². The van der Waals surface area contributed by atoms with Crippen molar-refractivity contribution in [3.8, 4) is 17.0 Å². The smallest absolute Gasteiger partial charge is 0.270 e. The van der Waals surface area contributed by atoms with Crippen molar-refractivity contribution >= 4 is 27.7 Å². The maximum Gasteiger partial charge on any atom is 0.270 e. The summed E-state index contributed by atoms with van der Waals surface area (Å²) < 4.78 is 5.56.